The molecule has 2 nitrogen and oxygen atoms in total. The van der Waals surface area contributed by atoms with Gasteiger partial charge in [0, 0.05) is 29.6 Å². The van der Waals surface area contributed by atoms with Gasteiger partial charge >= 0.3 is 0 Å². The largest absolute Gasteiger partial charge is 0.324 e. The Balaban J connectivity index is 2.21. The lowest BCUT2D eigenvalue weighted by Gasteiger charge is -2.12. The van der Waals surface area contributed by atoms with Crippen molar-refractivity contribution >= 4 is 27.3 Å². The number of halogens is 2. The fourth-order valence-electron chi connectivity index (χ4n) is 1.46. The van der Waals surface area contributed by atoms with Crippen LogP contribution in [0.15, 0.2) is 34.2 Å². The second kappa shape index (κ2) is 5.03. The highest BCUT2D eigenvalue weighted by Gasteiger charge is 2.14. The summed E-state index contributed by atoms with van der Waals surface area (Å²) in [6.45, 7) is 0. The normalized spacial score (nSPS) is 12.7. The van der Waals surface area contributed by atoms with Gasteiger partial charge in [0.05, 0.1) is 9.48 Å². The Morgan fingerprint density at radius 3 is 3.00 bits per heavy atom. The van der Waals surface area contributed by atoms with Crippen molar-refractivity contribution in [2.45, 2.75) is 12.5 Å². The minimum atomic E-state index is -0.358. The molecule has 2 N–H and O–H groups in total. The molecule has 1 aromatic carbocycles. The number of aromatic nitrogens is 1. The molecule has 2 rings (SSSR count). The summed E-state index contributed by atoms with van der Waals surface area (Å²) in [5.74, 6) is -0.286. The van der Waals surface area contributed by atoms with Gasteiger partial charge in [-0.1, -0.05) is 12.1 Å². The second-order valence-corrected chi connectivity index (χ2v) is 5.21. The molecule has 1 atom stereocenters. The van der Waals surface area contributed by atoms with Crippen LogP contribution in [0.4, 0.5) is 4.39 Å². The molecular formula is C11H10BrFN2S. The molecular weight excluding hydrogens is 291 g/mol. The highest BCUT2D eigenvalue weighted by molar-refractivity contribution is 9.10. The van der Waals surface area contributed by atoms with E-state index in [1.54, 1.807) is 24.4 Å². The molecule has 0 saturated heterocycles. The van der Waals surface area contributed by atoms with E-state index in [9.17, 15) is 4.39 Å². The van der Waals surface area contributed by atoms with Gasteiger partial charge in [0.15, 0.2) is 0 Å². The Bertz CT molecular complexity index is 473. The average molecular weight is 301 g/mol. The Labute approximate surface area is 105 Å². The van der Waals surface area contributed by atoms with E-state index in [0.717, 1.165) is 5.01 Å². The molecule has 16 heavy (non-hydrogen) atoms. The van der Waals surface area contributed by atoms with Crippen LogP contribution in [0.25, 0.3) is 0 Å². The maximum absolute atomic E-state index is 13.7. The van der Waals surface area contributed by atoms with Crippen molar-refractivity contribution in [3.63, 3.8) is 0 Å². The first kappa shape index (κ1) is 11.7. The zero-order chi connectivity index (χ0) is 11.5. The van der Waals surface area contributed by atoms with Crippen molar-refractivity contribution in [2.24, 2.45) is 5.73 Å². The third kappa shape index (κ3) is 2.48. The van der Waals surface area contributed by atoms with Gasteiger partial charge in [-0.15, -0.1) is 11.3 Å². The summed E-state index contributed by atoms with van der Waals surface area (Å²) in [6.07, 6.45) is 2.29. The first-order chi connectivity index (χ1) is 7.68. The van der Waals surface area contributed by atoms with Crippen LogP contribution in [-0.4, -0.2) is 4.98 Å². The molecule has 0 bridgehead atoms. The molecule has 1 heterocycles. The third-order valence-corrected chi connectivity index (χ3v) is 3.67. The lowest BCUT2D eigenvalue weighted by molar-refractivity contribution is 0.574. The third-order valence-electron chi connectivity index (χ3n) is 2.26. The van der Waals surface area contributed by atoms with Crippen LogP contribution in [0.1, 0.15) is 16.6 Å². The standard InChI is InChI=1S/C11H10BrFN2S/c12-8-3-1-2-7(11(8)13)9(14)6-10-15-4-5-16-10/h1-5,9H,6,14H2. The van der Waals surface area contributed by atoms with E-state index in [-0.39, 0.29) is 11.9 Å². The van der Waals surface area contributed by atoms with Crippen molar-refractivity contribution in [1.82, 2.24) is 4.98 Å². The van der Waals surface area contributed by atoms with Gasteiger partial charge in [-0.25, -0.2) is 9.37 Å². The summed E-state index contributed by atoms with van der Waals surface area (Å²) >= 11 is 4.68. The smallest absolute Gasteiger partial charge is 0.142 e. The number of hydrogen-bond acceptors (Lipinski definition) is 3. The van der Waals surface area contributed by atoms with E-state index in [2.05, 4.69) is 20.9 Å². The van der Waals surface area contributed by atoms with Crippen molar-refractivity contribution in [3.8, 4) is 0 Å². The summed E-state index contributed by atoms with van der Waals surface area (Å²) in [6, 6.07) is 4.79. The van der Waals surface area contributed by atoms with Gasteiger partial charge in [0.1, 0.15) is 5.82 Å². The van der Waals surface area contributed by atoms with E-state index in [1.165, 1.54) is 11.3 Å². The number of thiazole rings is 1. The Kier molecular flexibility index (Phi) is 3.68. The molecule has 0 aliphatic heterocycles. The molecule has 0 radical (unpaired) electrons. The summed E-state index contributed by atoms with van der Waals surface area (Å²) < 4.78 is 14.2. The molecule has 5 heteroatoms. The van der Waals surface area contributed by atoms with E-state index in [4.69, 9.17) is 5.73 Å². The molecule has 0 aliphatic rings. The maximum Gasteiger partial charge on any atom is 0.142 e. The minimum absolute atomic E-state index is 0.286. The van der Waals surface area contributed by atoms with Gasteiger partial charge in [-0.2, -0.15) is 0 Å². The molecule has 0 aliphatic carbocycles. The molecule has 84 valence electrons. The van der Waals surface area contributed by atoms with Crippen LogP contribution in [-0.2, 0) is 6.42 Å². The molecule has 0 spiro atoms. The topological polar surface area (TPSA) is 38.9 Å². The van der Waals surface area contributed by atoms with Crippen molar-refractivity contribution in [2.75, 3.05) is 0 Å². The van der Waals surface area contributed by atoms with Crippen LogP contribution in [0.3, 0.4) is 0 Å². The van der Waals surface area contributed by atoms with Crippen LogP contribution in [0, 0.1) is 5.82 Å². The fourth-order valence-corrected chi connectivity index (χ4v) is 2.52. The molecule has 2 aromatic rings. The highest BCUT2D eigenvalue weighted by Crippen LogP contribution is 2.25. The first-order valence-corrected chi connectivity index (χ1v) is 6.43. The molecule has 1 aromatic heterocycles. The Hall–Kier alpha value is -0.780. The first-order valence-electron chi connectivity index (χ1n) is 4.76. The van der Waals surface area contributed by atoms with Gasteiger partial charge in [0.2, 0.25) is 0 Å². The minimum Gasteiger partial charge on any atom is -0.324 e. The van der Waals surface area contributed by atoms with E-state index < -0.39 is 0 Å². The highest BCUT2D eigenvalue weighted by atomic mass is 79.9. The van der Waals surface area contributed by atoms with Crippen LogP contribution in [0.5, 0.6) is 0 Å². The zero-order valence-electron chi connectivity index (χ0n) is 8.36. The quantitative estimate of drug-likeness (QED) is 0.945. The Morgan fingerprint density at radius 2 is 2.31 bits per heavy atom. The van der Waals surface area contributed by atoms with Crippen molar-refractivity contribution in [1.29, 1.82) is 0 Å². The lowest BCUT2D eigenvalue weighted by Crippen LogP contribution is -2.15. The predicted octanol–water partition coefficient (Wildman–Crippen LogP) is 3.29. The van der Waals surface area contributed by atoms with Crippen LogP contribution >= 0.6 is 27.3 Å². The summed E-state index contributed by atoms with van der Waals surface area (Å²) in [5, 5.41) is 2.81. The maximum atomic E-state index is 13.7. The fraction of sp³-hybridized carbons (Fsp3) is 0.182. The molecule has 1 unspecified atom stereocenters. The number of hydrogen-bond donors (Lipinski definition) is 1. The van der Waals surface area contributed by atoms with E-state index in [1.807, 2.05) is 5.38 Å². The Morgan fingerprint density at radius 1 is 1.50 bits per heavy atom. The SMILES string of the molecule is NC(Cc1nccs1)c1cccc(Br)c1F. The summed E-state index contributed by atoms with van der Waals surface area (Å²) in [4.78, 5) is 4.14. The van der Waals surface area contributed by atoms with Crippen molar-refractivity contribution < 1.29 is 4.39 Å². The van der Waals surface area contributed by atoms with E-state index in [0.29, 0.717) is 16.5 Å². The number of benzene rings is 1. The number of nitrogens with zero attached hydrogens (tertiary/aromatic N) is 1. The number of rotatable bonds is 3. The predicted molar refractivity (Wildman–Crippen MR) is 66.8 cm³/mol. The summed E-state index contributed by atoms with van der Waals surface area (Å²) in [7, 11) is 0. The van der Waals surface area contributed by atoms with Crippen molar-refractivity contribution in [3.05, 3.63) is 50.6 Å². The number of nitrogens with two attached hydrogens (primary N) is 1. The average Bonchev–Trinajstić information content (AvgIpc) is 2.74. The van der Waals surface area contributed by atoms with Crippen LogP contribution < -0.4 is 5.73 Å². The monoisotopic (exact) mass is 300 g/mol. The van der Waals surface area contributed by atoms with Gasteiger partial charge in [-0.3, -0.25) is 0 Å². The van der Waals surface area contributed by atoms with Gasteiger partial charge < -0.3 is 5.73 Å². The second-order valence-electron chi connectivity index (χ2n) is 3.38. The molecule has 0 amide bonds. The van der Waals surface area contributed by atoms with Gasteiger partial charge in [-0.05, 0) is 22.0 Å². The molecule has 0 saturated carbocycles. The zero-order valence-corrected chi connectivity index (χ0v) is 10.8. The lowest BCUT2D eigenvalue weighted by atomic mass is 10.0. The van der Waals surface area contributed by atoms with E-state index >= 15 is 0 Å². The van der Waals surface area contributed by atoms with Gasteiger partial charge in [0.25, 0.3) is 0 Å². The van der Waals surface area contributed by atoms with Crippen LogP contribution in [0.2, 0.25) is 0 Å². The summed E-state index contributed by atoms with van der Waals surface area (Å²) in [5.41, 5.74) is 6.48. The molecule has 0 fully saturated rings.